The van der Waals surface area contributed by atoms with Crippen LogP contribution >= 0.6 is 22.7 Å². The summed E-state index contributed by atoms with van der Waals surface area (Å²) in [4.78, 5) is 1.14. The molecule has 0 unspecified atom stereocenters. The maximum absolute atomic E-state index is 15.8. The molecule has 0 N–H and O–H groups in total. The molecule has 258 valence electrons. The van der Waals surface area contributed by atoms with E-state index in [1.54, 1.807) is 12.1 Å². The molecule has 3 aromatic carbocycles. The second-order valence-electron chi connectivity index (χ2n) is 13.0. The van der Waals surface area contributed by atoms with E-state index in [0.717, 1.165) is 44.9 Å². The van der Waals surface area contributed by atoms with Crippen molar-refractivity contribution < 1.29 is 18.3 Å². The number of fused-ring (bicyclic) bond motifs is 2. The Morgan fingerprint density at radius 1 is 0.458 bits per heavy atom. The first kappa shape index (κ1) is 36.3. The van der Waals surface area contributed by atoms with E-state index in [9.17, 15) is 0 Å². The minimum absolute atomic E-state index is 0.252. The SMILES string of the molecule is CCCCCCCCCCCCOc1ccc(-c2sc3cc4c(F)c(-c5ccc(OCCCCCCCC)cc5)sc4cc3c2F)cc1. The smallest absolute Gasteiger partial charge is 0.149 e. The van der Waals surface area contributed by atoms with Crippen molar-refractivity contribution in [2.45, 2.75) is 117 Å². The monoisotopic (exact) mass is 690 g/mol. The van der Waals surface area contributed by atoms with Gasteiger partial charge in [-0.15, -0.1) is 22.7 Å². The minimum Gasteiger partial charge on any atom is -0.494 e. The number of ether oxygens (including phenoxy) is 2. The molecule has 5 rings (SSSR count). The molecule has 0 aliphatic heterocycles. The summed E-state index contributed by atoms with van der Waals surface area (Å²) in [5, 5.41) is 1.07. The van der Waals surface area contributed by atoms with Gasteiger partial charge >= 0.3 is 0 Å². The second-order valence-corrected chi connectivity index (χ2v) is 15.1. The first-order valence-corrected chi connectivity index (χ1v) is 20.0. The molecule has 48 heavy (non-hydrogen) atoms. The highest BCUT2D eigenvalue weighted by atomic mass is 32.1. The molecule has 0 bridgehead atoms. The summed E-state index contributed by atoms with van der Waals surface area (Å²) in [5.74, 6) is 1.11. The van der Waals surface area contributed by atoms with E-state index in [2.05, 4.69) is 13.8 Å². The van der Waals surface area contributed by atoms with Gasteiger partial charge in [0, 0.05) is 20.2 Å². The average molecular weight is 691 g/mol. The third-order valence-corrected chi connectivity index (χ3v) is 11.5. The van der Waals surface area contributed by atoms with Crippen LogP contribution in [0.5, 0.6) is 11.5 Å². The predicted molar refractivity (Wildman–Crippen MR) is 204 cm³/mol. The maximum Gasteiger partial charge on any atom is 0.149 e. The summed E-state index contributed by atoms with van der Waals surface area (Å²) in [5.41, 5.74) is 1.61. The standard InChI is InChI=1S/C42H52F2O2S2/c1-3-5-7-9-11-12-13-14-16-18-28-46-34-25-21-32(22-26-34)42-40(44)36-30-37-35(29-38(36)48-42)39(43)41(47-37)31-19-23-33(24-20-31)45-27-17-15-10-8-6-4-2/h19-26,29-30H,3-18,27-28H2,1-2H3. The zero-order valence-corrected chi connectivity index (χ0v) is 30.5. The van der Waals surface area contributed by atoms with Crippen molar-refractivity contribution in [1.82, 2.24) is 0 Å². The first-order valence-electron chi connectivity index (χ1n) is 18.4. The number of unbranched alkanes of at least 4 members (excludes halogenated alkanes) is 14. The highest BCUT2D eigenvalue weighted by Crippen LogP contribution is 2.44. The molecule has 0 amide bonds. The molecule has 5 aromatic rings. The van der Waals surface area contributed by atoms with Crippen molar-refractivity contribution in [3.8, 4) is 32.4 Å². The molecular weight excluding hydrogens is 639 g/mol. The second kappa shape index (κ2) is 19.3. The summed E-state index contributed by atoms with van der Waals surface area (Å²) in [6.07, 6.45) is 20.3. The number of halogens is 2. The highest BCUT2D eigenvalue weighted by Gasteiger charge is 2.19. The van der Waals surface area contributed by atoms with Crippen LogP contribution in [-0.4, -0.2) is 13.2 Å². The van der Waals surface area contributed by atoms with Gasteiger partial charge in [0.1, 0.15) is 23.1 Å². The number of hydrogen-bond acceptors (Lipinski definition) is 4. The van der Waals surface area contributed by atoms with E-state index in [0.29, 0.717) is 33.7 Å². The number of hydrogen-bond donors (Lipinski definition) is 0. The molecule has 0 aliphatic carbocycles. The van der Waals surface area contributed by atoms with Gasteiger partial charge in [-0.3, -0.25) is 0 Å². The molecule has 0 spiro atoms. The molecule has 6 heteroatoms. The summed E-state index contributed by atoms with van der Waals surface area (Å²) in [6, 6.07) is 18.9. The van der Waals surface area contributed by atoms with E-state index >= 15 is 8.78 Å². The molecule has 0 atom stereocenters. The summed E-state index contributed by atoms with van der Waals surface area (Å²) in [6.45, 7) is 5.89. The van der Waals surface area contributed by atoms with Gasteiger partial charge in [0.25, 0.3) is 0 Å². The van der Waals surface area contributed by atoms with Crippen LogP contribution in [0, 0.1) is 11.6 Å². The van der Waals surface area contributed by atoms with Crippen LogP contribution in [-0.2, 0) is 0 Å². The predicted octanol–water partition coefficient (Wildman–Crippen LogP) is 14.8. The van der Waals surface area contributed by atoms with E-state index < -0.39 is 0 Å². The highest BCUT2D eigenvalue weighted by molar-refractivity contribution is 7.24. The van der Waals surface area contributed by atoms with Crippen LogP contribution in [0.25, 0.3) is 41.1 Å². The summed E-state index contributed by atoms with van der Waals surface area (Å²) < 4.78 is 44.9. The largest absolute Gasteiger partial charge is 0.494 e. The summed E-state index contributed by atoms with van der Waals surface area (Å²) >= 11 is 2.74. The van der Waals surface area contributed by atoms with Crippen LogP contribution in [0.3, 0.4) is 0 Å². The Labute approximate surface area is 294 Å². The average Bonchev–Trinajstić information content (AvgIpc) is 3.61. The number of benzene rings is 3. The molecule has 0 saturated heterocycles. The molecule has 2 nitrogen and oxygen atoms in total. The fourth-order valence-corrected chi connectivity index (χ4v) is 8.47. The Balaban J connectivity index is 1.14. The van der Waals surface area contributed by atoms with Crippen LogP contribution in [0.4, 0.5) is 8.78 Å². The summed E-state index contributed by atoms with van der Waals surface area (Å²) in [7, 11) is 0. The minimum atomic E-state index is -0.253. The maximum atomic E-state index is 15.8. The van der Waals surface area contributed by atoms with Crippen LogP contribution in [0.15, 0.2) is 60.7 Å². The van der Waals surface area contributed by atoms with Gasteiger partial charge in [-0.1, -0.05) is 104 Å². The lowest BCUT2D eigenvalue weighted by Gasteiger charge is -2.07. The van der Waals surface area contributed by atoms with Crippen molar-refractivity contribution in [2.75, 3.05) is 13.2 Å². The lowest BCUT2D eigenvalue weighted by atomic mass is 10.1. The van der Waals surface area contributed by atoms with Crippen LogP contribution < -0.4 is 9.47 Å². The van der Waals surface area contributed by atoms with Gasteiger partial charge in [0.05, 0.1) is 23.0 Å². The molecule has 0 aliphatic rings. The molecular formula is C42H52F2O2S2. The molecule has 0 radical (unpaired) electrons. The Kier molecular flexibility index (Phi) is 14.6. The van der Waals surface area contributed by atoms with Gasteiger partial charge in [0.15, 0.2) is 0 Å². The molecule has 2 aromatic heterocycles. The normalized spacial score (nSPS) is 11.6. The van der Waals surface area contributed by atoms with Crippen LogP contribution in [0.2, 0.25) is 0 Å². The van der Waals surface area contributed by atoms with Crippen molar-refractivity contribution in [3.05, 3.63) is 72.3 Å². The zero-order valence-electron chi connectivity index (χ0n) is 28.9. The fourth-order valence-electron chi connectivity index (χ4n) is 6.25. The third kappa shape index (κ3) is 10.0. The van der Waals surface area contributed by atoms with Gasteiger partial charge < -0.3 is 9.47 Å². The molecule has 0 saturated carbocycles. The van der Waals surface area contributed by atoms with E-state index in [-0.39, 0.29) is 11.6 Å². The van der Waals surface area contributed by atoms with Crippen LogP contribution in [0.1, 0.15) is 117 Å². The Morgan fingerprint density at radius 3 is 1.15 bits per heavy atom. The third-order valence-electron chi connectivity index (χ3n) is 9.14. The first-order chi connectivity index (χ1) is 23.6. The Hall–Kier alpha value is -2.96. The number of thiophene rings is 2. The van der Waals surface area contributed by atoms with Crippen molar-refractivity contribution in [2.24, 2.45) is 0 Å². The Morgan fingerprint density at radius 2 is 0.792 bits per heavy atom. The van der Waals surface area contributed by atoms with Crippen molar-refractivity contribution in [3.63, 3.8) is 0 Å². The lowest BCUT2D eigenvalue weighted by Crippen LogP contribution is -1.97. The quantitative estimate of drug-likeness (QED) is 0.0673. The van der Waals surface area contributed by atoms with E-state index in [4.69, 9.17) is 9.47 Å². The molecule has 0 fully saturated rings. The van der Waals surface area contributed by atoms with E-state index in [1.165, 1.54) is 113 Å². The number of rotatable bonds is 22. The van der Waals surface area contributed by atoms with Crippen molar-refractivity contribution in [1.29, 1.82) is 0 Å². The Bertz CT molecular complexity index is 1670. The van der Waals surface area contributed by atoms with Crippen molar-refractivity contribution >= 4 is 42.8 Å². The van der Waals surface area contributed by atoms with Gasteiger partial charge in [0.2, 0.25) is 0 Å². The van der Waals surface area contributed by atoms with Gasteiger partial charge in [-0.2, -0.15) is 0 Å². The fraction of sp³-hybridized carbons (Fsp3) is 0.476. The molecule has 2 heterocycles. The van der Waals surface area contributed by atoms with Gasteiger partial charge in [-0.25, -0.2) is 8.78 Å². The topological polar surface area (TPSA) is 18.5 Å². The van der Waals surface area contributed by atoms with E-state index in [1.807, 2.05) is 48.5 Å². The zero-order chi connectivity index (χ0) is 33.6. The van der Waals surface area contributed by atoms with Gasteiger partial charge in [-0.05, 0) is 84.6 Å². The lowest BCUT2D eigenvalue weighted by molar-refractivity contribution is 0.304.